The third kappa shape index (κ3) is 5.40. The Labute approximate surface area is 169 Å². The van der Waals surface area contributed by atoms with E-state index in [9.17, 15) is 8.78 Å². The summed E-state index contributed by atoms with van der Waals surface area (Å²) in [7, 11) is 0. The van der Waals surface area contributed by atoms with Crippen LogP contribution in [0.4, 0.5) is 20.3 Å². The first-order valence-corrected chi connectivity index (χ1v) is 9.62. The summed E-state index contributed by atoms with van der Waals surface area (Å²) in [6.45, 7) is 6.51. The summed E-state index contributed by atoms with van der Waals surface area (Å²) in [6, 6.07) is 13.8. The molecule has 7 heteroatoms. The molecule has 3 aromatic rings. The number of aromatic nitrogens is 2. The Balaban J connectivity index is 1.63. The topological polar surface area (TPSA) is 59.4 Å². The van der Waals surface area contributed by atoms with Crippen LogP contribution in [-0.2, 0) is 13.0 Å². The number of anilines is 1. The summed E-state index contributed by atoms with van der Waals surface area (Å²) in [5.74, 6) is -0.801. The highest BCUT2D eigenvalue weighted by Crippen LogP contribution is 2.16. The van der Waals surface area contributed by atoms with Gasteiger partial charge in [-0.1, -0.05) is 18.2 Å². The van der Waals surface area contributed by atoms with Gasteiger partial charge in [0.05, 0.1) is 6.54 Å². The summed E-state index contributed by atoms with van der Waals surface area (Å²) in [5, 5.41) is 4.32. The van der Waals surface area contributed by atoms with Crippen molar-refractivity contribution in [3.63, 3.8) is 0 Å². The fraction of sp³-hybridized carbons (Fsp3) is 0.273. The van der Waals surface area contributed by atoms with Gasteiger partial charge in [0.25, 0.3) is 0 Å². The third-order valence-electron chi connectivity index (χ3n) is 4.66. The van der Waals surface area contributed by atoms with E-state index in [1.54, 1.807) is 16.9 Å². The van der Waals surface area contributed by atoms with Crippen molar-refractivity contribution in [1.29, 1.82) is 0 Å². The molecule has 0 aliphatic rings. The molecule has 3 rings (SSSR count). The van der Waals surface area contributed by atoms with E-state index in [4.69, 9.17) is 5.73 Å². The number of hydrogen-bond donors (Lipinski definition) is 1. The van der Waals surface area contributed by atoms with Crippen LogP contribution in [0.1, 0.15) is 25.0 Å². The van der Waals surface area contributed by atoms with Gasteiger partial charge in [-0.3, -0.25) is 4.68 Å². The van der Waals surface area contributed by atoms with Gasteiger partial charge in [-0.25, -0.2) is 13.8 Å². The van der Waals surface area contributed by atoms with Crippen LogP contribution in [0.25, 0.3) is 0 Å². The smallest absolute Gasteiger partial charge is 0.175 e. The second kappa shape index (κ2) is 9.32. The zero-order chi connectivity index (χ0) is 20.8. The number of nitrogens with zero attached hydrogens (tertiary/aromatic N) is 4. The highest BCUT2D eigenvalue weighted by Gasteiger charge is 2.06. The SMILES string of the molecule is CCN(CC)c1ccc(CC(N)=Nc2ccn(Cc3ccc(F)c(F)c3)n2)cc1. The Hall–Kier alpha value is -3.22. The average molecular weight is 397 g/mol. The van der Waals surface area contributed by atoms with Crippen molar-refractivity contribution in [1.82, 2.24) is 9.78 Å². The van der Waals surface area contributed by atoms with E-state index < -0.39 is 11.6 Å². The number of halogens is 2. The molecular formula is C22H25F2N5. The van der Waals surface area contributed by atoms with Crippen molar-refractivity contribution in [2.45, 2.75) is 26.8 Å². The van der Waals surface area contributed by atoms with Gasteiger partial charge in [-0.15, -0.1) is 0 Å². The molecule has 0 unspecified atom stereocenters. The Kier molecular flexibility index (Phi) is 6.59. The third-order valence-corrected chi connectivity index (χ3v) is 4.66. The molecule has 0 amide bonds. The Bertz CT molecular complexity index is 975. The number of benzene rings is 2. The molecule has 1 heterocycles. The van der Waals surface area contributed by atoms with E-state index in [0.29, 0.717) is 30.2 Å². The number of nitrogens with two attached hydrogens (primary N) is 1. The van der Waals surface area contributed by atoms with Crippen LogP contribution in [0.3, 0.4) is 0 Å². The molecule has 2 N–H and O–H groups in total. The van der Waals surface area contributed by atoms with Crippen LogP contribution >= 0.6 is 0 Å². The normalized spacial score (nSPS) is 11.7. The summed E-state index contributed by atoms with van der Waals surface area (Å²) < 4.78 is 28.0. The lowest BCUT2D eigenvalue weighted by Crippen LogP contribution is -2.21. The van der Waals surface area contributed by atoms with Gasteiger partial charge in [0.1, 0.15) is 5.84 Å². The molecule has 152 valence electrons. The van der Waals surface area contributed by atoms with Crippen LogP contribution in [0, 0.1) is 11.6 Å². The van der Waals surface area contributed by atoms with E-state index in [0.717, 1.165) is 30.8 Å². The Morgan fingerprint density at radius 2 is 1.69 bits per heavy atom. The van der Waals surface area contributed by atoms with Gasteiger partial charge in [0.2, 0.25) is 0 Å². The first-order valence-electron chi connectivity index (χ1n) is 9.62. The van der Waals surface area contributed by atoms with Crippen molar-refractivity contribution < 1.29 is 8.78 Å². The molecule has 0 bridgehead atoms. The van der Waals surface area contributed by atoms with Gasteiger partial charge in [0, 0.05) is 37.5 Å². The molecular weight excluding hydrogens is 372 g/mol. The van der Waals surface area contributed by atoms with E-state index in [2.05, 4.69) is 53.1 Å². The van der Waals surface area contributed by atoms with E-state index >= 15 is 0 Å². The minimum atomic E-state index is -0.871. The van der Waals surface area contributed by atoms with Crippen LogP contribution in [0.5, 0.6) is 0 Å². The van der Waals surface area contributed by atoms with Gasteiger partial charge in [0.15, 0.2) is 17.5 Å². The second-order valence-corrected chi connectivity index (χ2v) is 6.74. The average Bonchev–Trinajstić information content (AvgIpc) is 3.13. The molecule has 0 saturated heterocycles. The van der Waals surface area contributed by atoms with Crippen LogP contribution in [-0.4, -0.2) is 28.7 Å². The van der Waals surface area contributed by atoms with Crippen molar-refractivity contribution in [2.24, 2.45) is 10.7 Å². The lowest BCUT2D eigenvalue weighted by Gasteiger charge is -2.21. The zero-order valence-electron chi connectivity index (χ0n) is 16.6. The maximum Gasteiger partial charge on any atom is 0.175 e. The van der Waals surface area contributed by atoms with Crippen molar-refractivity contribution >= 4 is 17.3 Å². The van der Waals surface area contributed by atoms with Gasteiger partial charge >= 0.3 is 0 Å². The lowest BCUT2D eigenvalue weighted by atomic mass is 10.1. The molecule has 0 atom stereocenters. The first-order chi connectivity index (χ1) is 14.0. The monoisotopic (exact) mass is 397 g/mol. The molecule has 0 spiro atoms. The van der Waals surface area contributed by atoms with Gasteiger partial charge < -0.3 is 10.6 Å². The molecule has 0 radical (unpaired) electrons. The molecule has 0 fully saturated rings. The Morgan fingerprint density at radius 3 is 2.34 bits per heavy atom. The summed E-state index contributed by atoms with van der Waals surface area (Å²) in [5.41, 5.74) is 8.96. The molecule has 5 nitrogen and oxygen atoms in total. The largest absolute Gasteiger partial charge is 0.387 e. The molecule has 0 saturated carbocycles. The summed E-state index contributed by atoms with van der Waals surface area (Å²) >= 11 is 0. The predicted octanol–water partition coefficient (Wildman–Crippen LogP) is 4.29. The highest BCUT2D eigenvalue weighted by atomic mass is 19.2. The van der Waals surface area contributed by atoms with Gasteiger partial charge in [-0.05, 0) is 49.2 Å². The molecule has 29 heavy (non-hydrogen) atoms. The summed E-state index contributed by atoms with van der Waals surface area (Å²) in [6.07, 6.45) is 2.25. The standard InChI is InChI=1S/C22H25F2N5/c1-3-28(4-2)18-8-5-16(6-9-18)14-21(25)26-22-11-12-29(27-22)15-17-7-10-19(23)20(24)13-17/h5-13H,3-4,14-15H2,1-2H3,(H2,25,26,27). The molecule has 0 aliphatic carbocycles. The van der Waals surface area contributed by atoms with Crippen LogP contribution in [0.15, 0.2) is 59.7 Å². The minimum Gasteiger partial charge on any atom is -0.387 e. The Morgan fingerprint density at radius 1 is 1.00 bits per heavy atom. The first kappa shape index (κ1) is 20.5. The maximum absolute atomic E-state index is 13.3. The fourth-order valence-electron chi connectivity index (χ4n) is 3.13. The fourth-order valence-corrected chi connectivity index (χ4v) is 3.13. The molecule has 1 aromatic heterocycles. The number of aliphatic imine (C=N–C) groups is 1. The quantitative estimate of drug-likeness (QED) is 0.456. The maximum atomic E-state index is 13.3. The van der Waals surface area contributed by atoms with E-state index in [-0.39, 0.29) is 0 Å². The van der Waals surface area contributed by atoms with E-state index in [1.165, 1.54) is 11.8 Å². The van der Waals surface area contributed by atoms with Crippen LogP contribution < -0.4 is 10.6 Å². The van der Waals surface area contributed by atoms with Crippen molar-refractivity contribution in [3.05, 3.63) is 77.5 Å². The lowest BCUT2D eigenvalue weighted by molar-refractivity contribution is 0.506. The highest BCUT2D eigenvalue weighted by molar-refractivity contribution is 5.84. The predicted molar refractivity (Wildman–Crippen MR) is 113 cm³/mol. The number of amidine groups is 1. The van der Waals surface area contributed by atoms with Gasteiger partial charge in [-0.2, -0.15) is 5.10 Å². The van der Waals surface area contributed by atoms with Crippen LogP contribution in [0.2, 0.25) is 0 Å². The second-order valence-electron chi connectivity index (χ2n) is 6.74. The zero-order valence-corrected chi connectivity index (χ0v) is 16.6. The van der Waals surface area contributed by atoms with Crippen molar-refractivity contribution in [2.75, 3.05) is 18.0 Å². The number of rotatable bonds is 8. The number of hydrogen-bond acceptors (Lipinski definition) is 3. The molecule has 2 aromatic carbocycles. The van der Waals surface area contributed by atoms with E-state index in [1.807, 2.05) is 0 Å². The molecule has 0 aliphatic heterocycles. The van der Waals surface area contributed by atoms with Crippen molar-refractivity contribution in [3.8, 4) is 0 Å². The minimum absolute atomic E-state index is 0.319. The summed E-state index contributed by atoms with van der Waals surface area (Å²) in [4.78, 5) is 6.63.